The van der Waals surface area contributed by atoms with Crippen molar-refractivity contribution in [2.75, 3.05) is 19.5 Å². The lowest BCUT2D eigenvalue weighted by molar-refractivity contribution is 0.0600. The van der Waals surface area contributed by atoms with E-state index in [0.717, 1.165) is 17.9 Å². The molecule has 1 heterocycles. The van der Waals surface area contributed by atoms with Crippen molar-refractivity contribution in [2.45, 2.75) is 18.4 Å². The van der Waals surface area contributed by atoms with Gasteiger partial charge in [-0.1, -0.05) is 36.4 Å². The molecule has 4 heteroatoms. The highest BCUT2D eigenvalue weighted by Crippen LogP contribution is 2.52. The van der Waals surface area contributed by atoms with Crippen LogP contribution in [0.1, 0.15) is 39.9 Å². The van der Waals surface area contributed by atoms with Crippen molar-refractivity contribution in [3.05, 3.63) is 71.3 Å². The summed E-state index contributed by atoms with van der Waals surface area (Å²) in [5, 5.41) is 3.69. The van der Waals surface area contributed by atoms with E-state index in [9.17, 15) is 4.79 Å². The number of ether oxygens (including phenoxy) is 2. The van der Waals surface area contributed by atoms with E-state index in [-0.39, 0.29) is 12.0 Å². The van der Waals surface area contributed by atoms with Gasteiger partial charge in [0.2, 0.25) is 0 Å². The second-order valence-corrected chi connectivity index (χ2v) is 6.51. The summed E-state index contributed by atoms with van der Waals surface area (Å²) in [4.78, 5) is 11.7. The fourth-order valence-electron chi connectivity index (χ4n) is 4.04. The van der Waals surface area contributed by atoms with Crippen LogP contribution in [0.3, 0.4) is 0 Å². The summed E-state index contributed by atoms with van der Waals surface area (Å²) in [6.07, 6.45) is 5.61. The maximum absolute atomic E-state index is 11.7. The molecule has 4 nitrogen and oxygen atoms in total. The Bertz CT molecular complexity index is 826. The number of nitrogens with one attached hydrogen (secondary N) is 1. The zero-order chi connectivity index (χ0) is 17.4. The minimum atomic E-state index is -0.310. The SMILES string of the molecule is COC(=O)c1ccc(C2Nc3c(OC)cccc3C3C=CCC32)cc1. The number of esters is 1. The van der Waals surface area contributed by atoms with Gasteiger partial charge < -0.3 is 14.8 Å². The zero-order valence-electron chi connectivity index (χ0n) is 14.4. The lowest BCUT2D eigenvalue weighted by Gasteiger charge is -2.38. The van der Waals surface area contributed by atoms with Crippen molar-refractivity contribution in [1.82, 2.24) is 0 Å². The maximum Gasteiger partial charge on any atom is 0.337 e. The van der Waals surface area contributed by atoms with Crippen LogP contribution in [-0.2, 0) is 4.74 Å². The molecule has 25 heavy (non-hydrogen) atoms. The summed E-state index contributed by atoms with van der Waals surface area (Å²) < 4.78 is 10.3. The second kappa shape index (κ2) is 6.28. The number of fused-ring (bicyclic) bond motifs is 3. The van der Waals surface area contributed by atoms with Crippen LogP contribution in [0.5, 0.6) is 5.75 Å². The van der Waals surface area contributed by atoms with Crippen LogP contribution >= 0.6 is 0 Å². The first-order chi connectivity index (χ1) is 12.2. The van der Waals surface area contributed by atoms with Gasteiger partial charge in [0.15, 0.2) is 0 Å². The number of allylic oxidation sites excluding steroid dienone is 2. The number of methoxy groups -OCH3 is 2. The molecule has 2 aliphatic rings. The third-order valence-corrected chi connectivity index (χ3v) is 5.27. The van der Waals surface area contributed by atoms with Gasteiger partial charge in [0.25, 0.3) is 0 Å². The fraction of sp³-hybridized carbons (Fsp3) is 0.286. The van der Waals surface area contributed by atoms with Gasteiger partial charge in [-0.25, -0.2) is 4.79 Å². The van der Waals surface area contributed by atoms with Crippen LogP contribution in [-0.4, -0.2) is 20.2 Å². The molecule has 128 valence electrons. The van der Waals surface area contributed by atoms with Gasteiger partial charge in [-0.05, 0) is 41.7 Å². The molecule has 4 rings (SSSR count). The molecule has 1 aliphatic carbocycles. The van der Waals surface area contributed by atoms with Crippen molar-refractivity contribution in [1.29, 1.82) is 0 Å². The molecular formula is C21H21NO3. The van der Waals surface area contributed by atoms with E-state index < -0.39 is 0 Å². The van der Waals surface area contributed by atoms with Crippen molar-refractivity contribution in [2.24, 2.45) is 5.92 Å². The lowest BCUT2D eigenvalue weighted by Crippen LogP contribution is -2.29. The van der Waals surface area contributed by atoms with Crippen LogP contribution in [0.25, 0.3) is 0 Å². The Balaban J connectivity index is 1.72. The molecule has 0 spiro atoms. The van der Waals surface area contributed by atoms with E-state index in [1.807, 2.05) is 36.4 Å². The average Bonchev–Trinajstić information content (AvgIpc) is 3.16. The van der Waals surface area contributed by atoms with Crippen LogP contribution in [0, 0.1) is 5.92 Å². The van der Waals surface area contributed by atoms with Crippen LogP contribution in [0.2, 0.25) is 0 Å². The van der Waals surface area contributed by atoms with Crippen LogP contribution in [0.15, 0.2) is 54.6 Å². The molecule has 2 aromatic carbocycles. The average molecular weight is 335 g/mol. The quantitative estimate of drug-likeness (QED) is 0.671. The molecule has 2 aromatic rings. The molecule has 0 aromatic heterocycles. The predicted octanol–water partition coefficient (Wildman–Crippen LogP) is 4.31. The minimum absolute atomic E-state index is 0.176. The predicted molar refractivity (Wildman–Crippen MR) is 97.1 cm³/mol. The van der Waals surface area contributed by atoms with E-state index in [4.69, 9.17) is 9.47 Å². The largest absolute Gasteiger partial charge is 0.495 e. The first-order valence-electron chi connectivity index (χ1n) is 8.51. The van der Waals surface area contributed by atoms with Gasteiger partial charge in [0.1, 0.15) is 5.75 Å². The lowest BCUT2D eigenvalue weighted by atomic mass is 9.77. The van der Waals surface area contributed by atoms with Gasteiger partial charge >= 0.3 is 5.97 Å². The molecule has 0 amide bonds. The van der Waals surface area contributed by atoms with Crippen molar-refractivity contribution in [3.63, 3.8) is 0 Å². The van der Waals surface area contributed by atoms with Crippen LogP contribution in [0.4, 0.5) is 5.69 Å². The van der Waals surface area contributed by atoms with Gasteiger partial charge in [-0.2, -0.15) is 0 Å². The summed E-state index contributed by atoms with van der Waals surface area (Å²) in [6, 6.07) is 14.1. The Hall–Kier alpha value is -2.75. The van der Waals surface area contributed by atoms with Crippen molar-refractivity contribution in [3.8, 4) is 5.75 Å². The summed E-state index contributed by atoms with van der Waals surface area (Å²) in [5.41, 5.74) is 4.10. The van der Waals surface area contributed by atoms with E-state index >= 15 is 0 Å². The number of carbonyl (C=O) groups excluding carboxylic acids is 1. The molecule has 0 saturated heterocycles. The number of rotatable bonds is 3. The number of carbonyl (C=O) groups is 1. The molecule has 1 N–H and O–H groups in total. The highest BCUT2D eigenvalue weighted by molar-refractivity contribution is 5.89. The zero-order valence-corrected chi connectivity index (χ0v) is 14.4. The van der Waals surface area contributed by atoms with E-state index in [1.54, 1.807) is 7.11 Å². The number of benzene rings is 2. The molecule has 1 aliphatic heterocycles. The summed E-state index contributed by atoms with van der Waals surface area (Å²) >= 11 is 0. The number of hydrogen-bond acceptors (Lipinski definition) is 4. The maximum atomic E-state index is 11.7. The Kier molecular flexibility index (Phi) is 3.96. The van der Waals surface area contributed by atoms with Crippen LogP contribution < -0.4 is 10.1 Å². The van der Waals surface area contributed by atoms with Crippen molar-refractivity contribution >= 4 is 11.7 Å². The van der Waals surface area contributed by atoms with E-state index in [2.05, 4.69) is 23.5 Å². The Morgan fingerprint density at radius 3 is 2.64 bits per heavy atom. The molecule has 0 radical (unpaired) electrons. The van der Waals surface area contributed by atoms with Gasteiger partial charge in [-0.15, -0.1) is 0 Å². The van der Waals surface area contributed by atoms with Gasteiger partial charge in [-0.3, -0.25) is 0 Å². The Labute approximate surface area is 147 Å². The summed E-state index contributed by atoms with van der Waals surface area (Å²) in [6.45, 7) is 0. The highest BCUT2D eigenvalue weighted by atomic mass is 16.5. The van der Waals surface area contributed by atoms with E-state index in [1.165, 1.54) is 18.2 Å². The topological polar surface area (TPSA) is 47.6 Å². The Morgan fingerprint density at radius 2 is 1.92 bits per heavy atom. The summed E-state index contributed by atoms with van der Waals surface area (Å²) in [5.74, 6) is 1.41. The third kappa shape index (κ3) is 2.58. The standard InChI is InChI=1S/C21H21NO3/c1-24-18-8-4-7-17-15-5-3-6-16(15)19(22-20(17)18)13-9-11-14(12-10-13)21(23)25-2/h3-5,7-12,15-16,19,22H,6H2,1-2H3. The fourth-order valence-corrected chi connectivity index (χ4v) is 4.04. The van der Waals surface area contributed by atoms with E-state index in [0.29, 0.717) is 17.4 Å². The molecule has 0 bridgehead atoms. The second-order valence-electron chi connectivity index (χ2n) is 6.51. The molecular weight excluding hydrogens is 314 g/mol. The number of anilines is 1. The first-order valence-corrected chi connectivity index (χ1v) is 8.51. The number of para-hydroxylation sites is 1. The van der Waals surface area contributed by atoms with Gasteiger partial charge in [0, 0.05) is 5.92 Å². The smallest absolute Gasteiger partial charge is 0.337 e. The summed E-state index contributed by atoms with van der Waals surface area (Å²) in [7, 11) is 3.10. The Morgan fingerprint density at radius 1 is 1.12 bits per heavy atom. The number of hydrogen-bond donors (Lipinski definition) is 1. The third-order valence-electron chi connectivity index (χ3n) is 5.27. The normalized spacial score (nSPS) is 23.4. The highest BCUT2D eigenvalue weighted by Gasteiger charge is 2.38. The molecule has 0 saturated carbocycles. The minimum Gasteiger partial charge on any atom is -0.495 e. The monoisotopic (exact) mass is 335 g/mol. The van der Waals surface area contributed by atoms with Gasteiger partial charge in [0.05, 0.1) is 31.5 Å². The van der Waals surface area contributed by atoms with Crippen molar-refractivity contribution < 1.29 is 14.3 Å². The molecule has 0 fully saturated rings. The first kappa shape index (κ1) is 15.8. The molecule has 3 atom stereocenters. The molecule has 3 unspecified atom stereocenters.